The molecule has 2 aliphatic heterocycles. The van der Waals surface area contributed by atoms with Crippen LogP contribution in [0.5, 0.6) is 0 Å². The lowest BCUT2D eigenvalue weighted by molar-refractivity contribution is 0.109. The molecule has 3 aliphatic rings. The predicted octanol–water partition coefficient (Wildman–Crippen LogP) is 1.51. The third-order valence-corrected chi connectivity index (χ3v) is 5.00. The Morgan fingerprint density at radius 3 is 2.53 bits per heavy atom. The molecule has 1 saturated carbocycles. The van der Waals surface area contributed by atoms with E-state index in [2.05, 4.69) is 10.2 Å². The van der Waals surface area contributed by atoms with Crippen LogP contribution in [0.3, 0.4) is 0 Å². The number of hydrogen-bond acceptors (Lipinski definition) is 3. The average Bonchev–Trinajstić information content (AvgIpc) is 2.76. The molecule has 0 radical (unpaired) electrons. The van der Waals surface area contributed by atoms with Crippen molar-refractivity contribution in [1.29, 1.82) is 0 Å². The summed E-state index contributed by atoms with van der Waals surface area (Å²) in [4.78, 5) is 2.69. The van der Waals surface area contributed by atoms with Crippen molar-refractivity contribution in [2.24, 2.45) is 0 Å². The van der Waals surface area contributed by atoms with E-state index in [4.69, 9.17) is 0 Å². The highest BCUT2D eigenvalue weighted by Crippen LogP contribution is 2.29. The quantitative estimate of drug-likeness (QED) is 0.765. The van der Waals surface area contributed by atoms with Gasteiger partial charge in [-0.1, -0.05) is 6.42 Å². The Bertz CT molecular complexity index is 251. The molecular weight excluding hydrogens is 212 g/mol. The Balaban J connectivity index is 1.51. The zero-order valence-corrected chi connectivity index (χ0v) is 10.8. The van der Waals surface area contributed by atoms with Crippen LogP contribution in [0.25, 0.3) is 0 Å². The van der Waals surface area contributed by atoms with Gasteiger partial charge in [-0.15, -0.1) is 0 Å². The standard InChI is InChI=1S/C14H26N2O/c17-12-6-4-11(5-7-12)15-13-8-10-16-9-2-1-3-14(13)16/h11-15,17H,1-10H2. The van der Waals surface area contributed by atoms with Gasteiger partial charge in [0, 0.05) is 24.7 Å². The van der Waals surface area contributed by atoms with Crippen molar-refractivity contribution in [1.82, 2.24) is 10.2 Å². The Morgan fingerprint density at radius 2 is 1.71 bits per heavy atom. The van der Waals surface area contributed by atoms with Gasteiger partial charge < -0.3 is 10.4 Å². The molecular formula is C14H26N2O. The van der Waals surface area contributed by atoms with Crippen molar-refractivity contribution >= 4 is 0 Å². The smallest absolute Gasteiger partial charge is 0.0541 e. The van der Waals surface area contributed by atoms with E-state index in [1.54, 1.807) is 0 Å². The van der Waals surface area contributed by atoms with E-state index in [9.17, 15) is 5.11 Å². The van der Waals surface area contributed by atoms with Crippen LogP contribution in [0.2, 0.25) is 0 Å². The van der Waals surface area contributed by atoms with Crippen LogP contribution < -0.4 is 5.32 Å². The van der Waals surface area contributed by atoms with E-state index >= 15 is 0 Å². The highest BCUT2D eigenvalue weighted by Gasteiger charge is 2.36. The van der Waals surface area contributed by atoms with Gasteiger partial charge in [0.2, 0.25) is 0 Å². The van der Waals surface area contributed by atoms with Crippen LogP contribution >= 0.6 is 0 Å². The SMILES string of the molecule is OC1CCC(NC2CCN3CCCCC23)CC1. The minimum absolute atomic E-state index is 0.0252. The van der Waals surface area contributed by atoms with E-state index in [-0.39, 0.29) is 6.10 Å². The van der Waals surface area contributed by atoms with Gasteiger partial charge in [0.05, 0.1) is 6.10 Å². The first-order chi connectivity index (χ1) is 8.33. The molecule has 2 heterocycles. The molecule has 0 bridgehead atoms. The molecule has 17 heavy (non-hydrogen) atoms. The van der Waals surface area contributed by atoms with Gasteiger partial charge >= 0.3 is 0 Å². The second kappa shape index (κ2) is 5.25. The Kier molecular flexibility index (Phi) is 3.69. The summed E-state index contributed by atoms with van der Waals surface area (Å²) in [5.74, 6) is 0. The summed E-state index contributed by atoms with van der Waals surface area (Å²) in [6.07, 6.45) is 9.87. The molecule has 0 amide bonds. The van der Waals surface area contributed by atoms with E-state index in [1.165, 1.54) is 51.6 Å². The molecule has 2 saturated heterocycles. The van der Waals surface area contributed by atoms with Crippen LogP contribution in [0.1, 0.15) is 51.4 Å². The molecule has 3 rings (SSSR count). The van der Waals surface area contributed by atoms with Crippen LogP contribution in [-0.4, -0.2) is 47.3 Å². The molecule has 2 N–H and O–H groups in total. The van der Waals surface area contributed by atoms with Crippen LogP contribution in [0.15, 0.2) is 0 Å². The van der Waals surface area contributed by atoms with Gasteiger partial charge in [0.25, 0.3) is 0 Å². The van der Waals surface area contributed by atoms with Crippen LogP contribution in [0, 0.1) is 0 Å². The Labute approximate surface area is 105 Å². The first-order valence-corrected chi connectivity index (χ1v) is 7.51. The molecule has 2 unspecified atom stereocenters. The normalized spacial score (nSPS) is 43.6. The monoisotopic (exact) mass is 238 g/mol. The van der Waals surface area contributed by atoms with Crippen molar-refractivity contribution in [3.8, 4) is 0 Å². The van der Waals surface area contributed by atoms with Crippen molar-refractivity contribution in [3.63, 3.8) is 0 Å². The van der Waals surface area contributed by atoms with E-state index in [0.29, 0.717) is 6.04 Å². The lowest BCUT2D eigenvalue weighted by Gasteiger charge is -2.35. The molecule has 0 aromatic heterocycles. The summed E-state index contributed by atoms with van der Waals surface area (Å²) < 4.78 is 0. The third-order valence-electron chi connectivity index (χ3n) is 5.00. The number of aliphatic hydroxyl groups excluding tert-OH is 1. The maximum Gasteiger partial charge on any atom is 0.0541 e. The summed E-state index contributed by atoms with van der Waals surface area (Å²) in [5, 5.41) is 13.4. The Hall–Kier alpha value is -0.120. The van der Waals surface area contributed by atoms with Gasteiger partial charge in [-0.2, -0.15) is 0 Å². The van der Waals surface area contributed by atoms with Crippen molar-refractivity contribution in [2.75, 3.05) is 13.1 Å². The number of hydrogen-bond donors (Lipinski definition) is 2. The zero-order valence-electron chi connectivity index (χ0n) is 10.8. The van der Waals surface area contributed by atoms with Gasteiger partial charge in [0.15, 0.2) is 0 Å². The molecule has 3 nitrogen and oxygen atoms in total. The molecule has 98 valence electrons. The van der Waals surface area contributed by atoms with E-state index in [1.807, 2.05) is 0 Å². The number of piperidine rings is 1. The van der Waals surface area contributed by atoms with E-state index < -0.39 is 0 Å². The molecule has 1 aliphatic carbocycles. The third kappa shape index (κ3) is 2.67. The van der Waals surface area contributed by atoms with Gasteiger partial charge in [0.1, 0.15) is 0 Å². The molecule has 0 spiro atoms. The zero-order chi connectivity index (χ0) is 11.7. The minimum atomic E-state index is -0.0252. The second-order valence-corrected chi connectivity index (χ2v) is 6.17. The highest BCUT2D eigenvalue weighted by molar-refractivity contribution is 4.95. The maximum absolute atomic E-state index is 9.54. The fourth-order valence-electron chi connectivity index (χ4n) is 3.99. The molecule has 0 aromatic carbocycles. The average molecular weight is 238 g/mol. The lowest BCUT2D eigenvalue weighted by atomic mass is 9.91. The number of aliphatic hydroxyl groups is 1. The molecule has 0 aromatic rings. The predicted molar refractivity (Wildman–Crippen MR) is 69.0 cm³/mol. The lowest BCUT2D eigenvalue weighted by Crippen LogP contribution is -2.49. The van der Waals surface area contributed by atoms with Crippen LogP contribution in [-0.2, 0) is 0 Å². The fourth-order valence-corrected chi connectivity index (χ4v) is 3.99. The molecule has 3 fully saturated rings. The summed E-state index contributed by atoms with van der Waals surface area (Å²) in [7, 11) is 0. The largest absolute Gasteiger partial charge is 0.393 e. The number of nitrogens with one attached hydrogen (secondary N) is 1. The fraction of sp³-hybridized carbons (Fsp3) is 1.00. The first-order valence-electron chi connectivity index (χ1n) is 7.51. The number of fused-ring (bicyclic) bond motifs is 1. The van der Waals surface area contributed by atoms with Gasteiger partial charge in [-0.3, -0.25) is 4.90 Å². The van der Waals surface area contributed by atoms with Crippen molar-refractivity contribution in [2.45, 2.75) is 75.6 Å². The second-order valence-electron chi connectivity index (χ2n) is 6.17. The van der Waals surface area contributed by atoms with Crippen molar-refractivity contribution in [3.05, 3.63) is 0 Å². The maximum atomic E-state index is 9.54. The highest BCUT2D eigenvalue weighted by atomic mass is 16.3. The Morgan fingerprint density at radius 1 is 0.882 bits per heavy atom. The van der Waals surface area contributed by atoms with Crippen molar-refractivity contribution < 1.29 is 5.11 Å². The van der Waals surface area contributed by atoms with Gasteiger partial charge in [-0.25, -0.2) is 0 Å². The molecule has 3 heteroatoms. The minimum Gasteiger partial charge on any atom is -0.393 e. The van der Waals surface area contributed by atoms with E-state index in [0.717, 1.165) is 24.9 Å². The first kappa shape index (κ1) is 11.9. The number of rotatable bonds is 2. The topological polar surface area (TPSA) is 35.5 Å². The summed E-state index contributed by atoms with van der Waals surface area (Å²) in [6.45, 7) is 2.63. The summed E-state index contributed by atoms with van der Waals surface area (Å²) >= 11 is 0. The van der Waals surface area contributed by atoms with Crippen LogP contribution in [0.4, 0.5) is 0 Å². The molecule has 2 atom stereocenters. The summed E-state index contributed by atoms with van der Waals surface area (Å²) in [6, 6.07) is 2.22. The number of nitrogens with zero attached hydrogens (tertiary/aromatic N) is 1. The van der Waals surface area contributed by atoms with Gasteiger partial charge in [-0.05, 0) is 51.5 Å². The summed E-state index contributed by atoms with van der Waals surface area (Å²) in [5.41, 5.74) is 0.